The molecule has 0 saturated carbocycles. The Morgan fingerprint density at radius 3 is 2.30 bits per heavy atom. The van der Waals surface area contributed by atoms with E-state index in [-0.39, 0.29) is 18.9 Å². The number of nitrogens with zero attached hydrogens (tertiary/aromatic N) is 6. The average molecular weight is 464 g/mol. The number of rotatable bonds is 2. The van der Waals surface area contributed by atoms with Crippen molar-refractivity contribution in [1.82, 2.24) is 19.7 Å². The van der Waals surface area contributed by atoms with Crippen LogP contribution in [0.3, 0.4) is 0 Å². The van der Waals surface area contributed by atoms with Gasteiger partial charge in [-0.2, -0.15) is 13.2 Å². The Morgan fingerprint density at radius 2 is 1.58 bits per heavy atom. The lowest BCUT2D eigenvalue weighted by Gasteiger charge is -2.31. The highest BCUT2D eigenvalue weighted by Crippen LogP contribution is 2.36. The van der Waals surface area contributed by atoms with Crippen molar-refractivity contribution in [2.45, 2.75) is 25.8 Å². The second-order valence-electron chi connectivity index (χ2n) is 8.34. The van der Waals surface area contributed by atoms with Gasteiger partial charge in [-0.1, -0.05) is 0 Å². The predicted molar refractivity (Wildman–Crippen MR) is 112 cm³/mol. The second-order valence-corrected chi connectivity index (χ2v) is 8.34. The van der Waals surface area contributed by atoms with Crippen molar-refractivity contribution in [1.29, 1.82) is 0 Å². The van der Waals surface area contributed by atoms with E-state index in [0.717, 1.165) is 27.6 Å². The highest BCUT2D eigenvalue weighted by atomic mass is 19.4. The first kappa shape index (κ1) is 21.6. The lowest BCUT2D eigenvalue weighted by atomic mass is 10.1. The Morgan fingerprint density at radius 1 is 0.818 bits per heavy atom. The summed E-state index contributed by atoms with van der Waals surface area (Å²) in [7, 11) is 1.97. The molecular weight excluding hydrogens is 443 g/mol. The van der Waals surface area contributed by atoms with Crippen LogP contribution < -0.4 is 9.80 Å². The highest BCUT2D eigenvalue weighted by molar-refractivity contribution is 5.70. The normalized spacial score (nSPS) is 17.0. The minimum absolute atomic E-state index is 0.128. The smallest absolute Gasteiger partial charge is 0.362 e. The fraction of sp³-hybridized carbons (Fsp3) is 0.364. The van der Waals surface area contributed by atoms with E-state index in [1.165, 1.54) is 12.1 Å². The number of likely N-dealkylation sites (N-methyl/N-ethyl adjacent to an activating group) is 1. The number of anilines is 3. The van der Waals surface area contributed by atoms with Gasteiger partial charge in [0, 0.05) is 55.9 Å². The number of fused-ring (bicyclic) bond motifs is 2. The molecule has 1 aromatic heterocycles. The molecule has 0 radical (unpaired) electrons. The number of alkyl halides is 3. The summed E-state index contributed by atoms with van der Waals surface area (Å²) < 4.78 is 68.2. The summed E-state index contributed by atoms with van der Waals surface area (Å²) in [5.41, 5.74) is 3.08. The van der Waals surface area contributed by atoms with Crippen LogP contribution in [0.1, 0.15) is 17.2 Å². The van der Waals surface area contributed by atoms with E-state index in [1.54, 1.807) is 0 Å². The van der Waals surface area contributed by atoms with E-state index in [0.29, 0.717) is 31.9 Å². The molecule has 174 valence electrons. The molecule has 0 spiro atoms. The van der Waals surface area contributed by atoms with Crippen LogP contribution in [0.2, 0.25) is 0 Å². The second kappa shape index (κ2) is 7.98. The van der Waals surface area contributed by atoms with Crippen LogP contribution in [0.5, 0.6) is 0 Å². The summed E-state index contributed by atoms with van der Waals surface area (Å²) in [5, 5.41) is 7.08. The van der Waals surface area contributed by atoms with E-state index in [9.17, 15) is 22.0 Å². The van der Waals surface area contributed by atoms with Crippen LogP contribution in [0, 0.1) is 11.6 Å². The molecule has 0 saturated heterocycles. The summed E-state index contributed by atoms with van der Waals surface area (Å²) in [5.74, 6) is -2.00. The third kappa shape index (κ3) is 4.12. The van der Waals surface area contributed by atoms with Gasteiger partial charge in [0.25, 0.3) is 0 Å². The van der Waals surface area contributed by atoms with Gasteiger partial charge in [-0.25, -0.2) is 8.78 Å². The summed E-state index contributed by atoms with van der Waals surface area (Å²) in [6, 6.07) is 9.22. The maximum Gasteiger partial charge on any atom is 0.451 e. The van der Waals surface area contributed by atoms with Crippen molar-refractivity contribution >= 4 is 17.1 Å². The molecule has 6 nitrogen and oxygen atoms in total. The molecule has 5 rings (SSSR count). The Balaban J connectivity index is 1.47. The molecule has 2 aromatic carbocycles. The summed E-state index contributed by atoms with van der Waals surface area (Å²) in [6.45, 7) is 2.58. The molecule has 11 heteroatoms. The fourth-order valence-electron chi connectivity index (χ4n) is 4.47. The SMILES string of the molecule is CN1CCN(c2cc(F)cc(F)c2)c2ccc(N3CCn4c(nnc4C(F)(F)F)C3)cc2C1. The lowest BCUT2D eigenvalue weighted by Crippen LogP contribution is -2.35. The van der Waals surface area contributed by atoms with E-state index in [1.807, 2.05) is 35.0 Å². The summed E-state index contributed by atoms with van der Waals surface area (Å²) >= 11 is 0. The van der Waals surface area contributed by atoms with Gasteiger partial charge in [0.05, 0.1) is 6.54 Å². The first-order valence-corrected chi connectivity index (χ1v) is 10.5. The number of hydrogen-bond donors (Lipinski definition) is 0. The van der Waals surface area contributed by atoms with E-state index in [4.69, 9.17) is 0 Å². The van der Waals surface area contributed by atoms with Crippen LogP contribution in [-0.2, 0) is 25.8 Å². The Bertz CT molecular complexity index is 1170. The molecule has 0 unspecified atom stereocenters. The van der Waals surface area contributed by atoms with Gasteiger partial charge < -0.3 is 19.3 Å². The van der Waals surface area contributed by atoms with E-state index >= 15 is 0 Å². The molecule has 2 aliphatic rings. The zero-order chi connectivity index (χ0) is 23.3. The van der Waals surface area contributed by atoms with Gasteiger partial charge in [-0.3, -0.25) is 0 Å². The molecule has 0 amide bonds. The largest absolute Gasteiger partial charge is 0.451 e. The van der Waals surface area contributed by atoms with Crippen molar-refractivity contribution in [3.8, 4) is 0 Å². The zero-order valence-electron chi connectivity index (χ0n) is 17.8. The number of benzene rings is 2. The zero-order valence-corrected chi connectivity index (χ0v) is 17.8. The predicted octanol–water partition coefficient (Wildman–Crippen LogP) is 4.18. The fourth-order valence-corrected chi connectivity index (χ4v) is 4.47. The number of halogens is 5. The van der Waals surface area contributed by atoms with Crippen LogP contribution in [0.4, 0.5) is 39.0 Å². The van der Waals surface area contributed by atoms with Gasteiger partial charge >= 0.3 is 6.18 Å². The monoisotopic (exact) mass is 464 g/mol. The first-order valence-electron chi connectivity index (χ1n) is 10.5. The third-order valence-electron chi connectivity index (χ3n) is 6.03. The first-order chi connectivity index (χ1) is 15.7. The molecule has 3 heterocycles. The molecule has 0 atom stereocenters. The maximum atomic E-state index is 13.9. The standard InChI is InChI=1S/C22H21F5N6/c1-30-4-6-32(18-10-15(23)9-16(24)11-18)19-3-2-17(8-14(19)12-30)31-5-7-33-20(13-31)28-29-21(33)22(25,26)27/h2-3,8-11H,4-7,12-13H2,1H3. The van der Waals surface area contributed by atoms with Crippen LogP contribution in [-0.4, -0.2) is 46.3 Å². The van der Waals surface area contributed by atoms with Crippen LogP contribution in [0.25, 0.3) is 0 Å². The van der Waals surface area contributed by atoms with Crippen molar-refractivity contribution in [3.63, 3.8) is 0 Å². The molecule has 0 aliphatic carbocycles. The minimum atomic E-state index is -4.54. The summed E-state index contributed by atoms with van der Waals surface area (Å²) in [4.78, 5) is 5.96. The topological polar surface area (TPSA) is 40.4 Å². The molecule has 0 N–H and O–H groups in total. The quantitative estimate of drug-likeness (QED) is 0.533. The minimum Gasteiger partial charge on any atom is -0.362 e. The van der Waals surface area contributed by atoms with Crippen LogP contribution in [0.15, 0.2) is 36.4 Å². The Hall–Kier alpha value is -3.21. The van der Waals surface area contributed by atoms with E-state index < -0.39 is 23.6 Å². The number of aromatic nitrogens is 3. The van der Waals surface area contributed by atoms with Crippen molar-refractivity contribution in [3.05, 3.63) is 65.2 Å². The van der Waals surface area contributed by atoms with Gasteiger partial charge in [-0.15, -0.1) is 10.2 Å². The lowest BCUT2D eigenvalue weighted by molar-refractivity contribution is -0.147. The third-order valence-corrected chi connectivity index (χ3v) is 6.03. The molecule has 0 fully saturated rings. The van der Waals surface area contributed by atoms with Crippen molar-refractivity contribution < 1.29 is 22.0 Å². The Labute approximate surface area is 186 Å². The average Bonchev–Trinajstić information content (AvgIpc) is 3.10. The maximum absolute atomic E-state index is 13.9. The van der Waals surface area contributed by atoms with Gasteiger partial charge in [0.15, 0.2) is 5.82 Å². The highest BCUT2D eigenvalue weighted by Gasteiger charge is 2.39. The van der Waals surface area contributed by atoms with Crippen molar-refractivity contribution in [2.75, 3.05) is 36.5 Å². The number of hydrogen-bond acceptors (Lipinski definition) is 5. The Kier molecular flexibility index (Phi) is 5.23. The molecular formula is C22H21F5N6. The molecule has 2 aliphatic heterocycles. The van der Waals surface area contributed by atoms with E-state index in [2.05, 4.69) is 15.1 Å². The summed E-state index contributed by atoms with van der Waals surface area (Å²) in [6.07, 6.45) is -4.54. The van der Waals surface area contributed by atoms with Gasteiger partial charge in [0.2, 0.25) is 5.82 Å². The van der Waals surface area contributed by atoms with Gasteiger partial charge in [-0.05, 0) is 42.9 Å². The molecule has 3 aromatic rings. The molecule has 33 heavy (non-hydrogen) atoms. The van der Waals surface area contributed by atoms with Gasteiger partial charge in [0.1, 0.15) is 11.6 Å². The van der Waals surface area contributed by atoms with Crippen LogP contribution >= 0.6 is 0 Å². The van der Waals surface area contributed by atoms with Crippen molar-refractivity contribution in [2.24, 2.45) is 0 Å². The molecule has 0 bridgehead atoms.